The van der Waals surface area contributed by atoms with Gasteiger partial charge in [0.25, 0.3) is 0 Å². The quantitative estimate of drug-likeness (QED) is 0.793. The highest BCUT2D eigenvalue weighted by Crippen LogP contribution is 2.26. The number of halogens is 3. The smallest absolute Gasteiger partial charge is 0.202 e. The van der Waals surface area contributed by atoms with Crippen LogP contribution in [-0.4, -0.2) is 5.16 Å². The summed E-state index contributed by atoms with van der Waals surface area (Å²) in [6, 6.07) is 6.39. The highest BCUT2D eigenvalue weighted by atomic mass is 79.9. The molecule has 2 rings (SSSR count). The van der Waals surface area contributed by atoms with Crippen molar-refractivity contribution in [3.63, 3.8) is 0 Å². The zero-order chi connectivity index (χ0) is 10.1. The fourth-order valence-corrected chi connectivity index (χ4v) is 1.71. The van der Waals surface area contributed by atoms with Crippen LogP contribution >= 0.6 is 31.9 Å². The first-order valence-corrected chi connectivity index (χ1v) is 5.33. The van der Waals surface area contributed by atoms with E-state index >= 15 is 0 Å². The molecule has 1 heterocycles. The molecule has 5 heteroatoms. The molecular formula is C9H4Br2FNO. The maximum atomic E-state index is 12.9. The lowest BCUT2D eigenvalue weighted by molar-refractivity contribution is 0.402. The third-order valence-electron chi connectivity index (χ3n) is 1.70. The Morgan fingerprint density at radius 1 is 1.21 bits per heavy atom. The Kier molecular flexibility index (Phi) is 2.69. The van der Waals surface area contributed by atoms with Crippen LogP contribution in [0.1, 0.15) is 0 Å². The number of hydrogen-bond acceptors (Lipinski definition) is 2. The van der Waals surface area contributed by atoms with Crippen LogP contribution in [0.5, 0.6) is 0 Å². The van der Waals surface area contributed by atoms with Crippen molar-refractivity contribution < 1.29 is 8.91 Å². The van der Waals surface area contributed by atoms with Gasteiger partial charge in [-0.05, 0) is 50.1 Å². The molecule has 0 unspecified atom stereocenters. The maximum absolute atomic E-state index is 12.9. The average Bonchev–Trinajstić information content (AvgIpc) is 2.57. The average molecular weight is 321 g/mol. The first-order chi connectivity index (χ1) is 6.66. The second kappa shape index (κ2) is 3.82. The standard InChI is InChI=1S/C9H4Br2FNO/c10-6-3-5(1-2-7(6)12)8-4-9(11)14-13-8/h1-4H. The van der Waals surface area contributed by atoms with E-state index in [1.807, 2.05) is 0 Å². The highest BCUT2D eigenvalue weighted by molar-refractivity contribution is 9.10. The van der Waals surface area contributed by atoms with E-state index in [0.29, 0.717) is 14.8 Å². The van der Waals surface area contributed by atoms with Gasteiger partial charge < -0.3 is 4.52 Å². The van der Waals surface area contributed by atoms with Crippen molar-refractivity contribution in [1.82, 2.24) is 5.16 Å². The van der Waals surface area contributed by atoms with Crippen LogP contribution in [0, 0.1) is 5.82 Å². The molecule has 0 bridgehead atoms. The van der Waals surface area contributed by atoms with Crippen molar-refractivity contribution in [2.45, 2.75) is 0 Å². The summed E-state index contributed by atoms with van der Waals surface area (Å²) in [6.45, 7) is 0. The summed E-state index contributed by atoms with van der Waals surface area (Å²) in [5.41, 5.74) is 1.46. The predicted molar refractivity (Wildman–Crippen MR) is 57.3 cm³/mol. The summed E-state index contributed by atoms with van der Waals surface area (Å²) in [5, 5.41) is 3.79. The van der Waals surface area contributed by atoms with E-state index in [9.17, 15) is 4.39 Å². The topological polar surface area (TPSA) is 26.0 Å². The third-order valence-corrected chi connectivity index (χ3v) is 2.68. The molecule has 0 aliphatic rings. The van der Waals surface area contributed by atoms with Gasteiger partial charge in [-0.1, -0.05) is 5.16 Å². The molecule has 0 N–H and O–H groups in total. The zero-order valence-electron chi connectivity index (χ0n) is 6.80. The van der Waals surface area contributed by atoms with E-state index in [1.165, 1.54) is 6.07 Å². The first-order valence-electron chi connectivity index (χ1n) is 3.74. The van der Waals surface area contributed by atoms with Gasteiger partial charge in [0.05, 0.1) is 4.47 Å². The molecule has 2 aromatic rings. The monoisotopic (exact) mass is 319 g/mol. The van der Waals surface area contributed by atoms with Crippen molar-refractivity contribution in [3.05, 3.63) is 39.2 Å². The molecule has 14 heavy (non-hydrogen) atoms. The molecule has 72 valence electrons. The van der Waals surface area contributed by atoms with Crippen molar-refractivity contribution in [2.75, 3.05) is 0 Å². The van der Waals surface area contributed by atoms with Gasteiger partial charge in [-0.25, -0.2) is 4.39 Å². The van der Waals surface area contributed by atoms with Crippen molar-refractivity contribution >= 4 is 31.9 Å². The van der Waals surface area contributed by atoms with Crippen molar-refractivity contribution in [2.24, 2.45) is 0 Å². The van der Waals surface area contributed by atoms with Crippen molar-refractivity contribution in [3.8, 4) is 11.3 Å². The molecule has 0 aliphatic carbocycles. The lowest BCUT2D eigenvalue weighted by atomic mass is 10.1. The van der Waals surface area contributed by atoms with Gasteiger partial charge in [0.1, 0.15) is 11.5 Å². The molecule has 0 aliphatic heterocycles. The van der Waals surface area contributed by atoms with E-state index in [1.54, 1.807) is 18.2 Å². The Balaban J connectivity index is 2.47. The predicted octanol–water partition coefficient (Wildman–Crippen LogP) is 4.01. The molecule has 0 saturated carbocycles. The minimum atomic E-state index is -0.295. The molecule has 0 atom stereocenters. The minimum Gasteiger partial charge on any atom is -0.349 e. The van der Waals surface area contributed by atoms with E-state index in [2.05, 4.69) is 37.0 Å². The molecule has 0 fully saturated rings. The van der Waals surface area contributed by atoms with Crippen LogP contribution in [0.4, 0.5) is 4.39 Å². The number of rotatable bonds is 1. The Morgan fingerprint density at radius 3 is 2.57 bits per heavy atom. The normalized spacial score (nSPS) is 10.5. The summed E-state index contributed by atoms with van der Waals surface area (Å²) < 4.78 is 18.7. The number of benzene rings is 1. The lowest BCUT2D eigenvalue weighted by Gasteiger charge is -1.97. The maximum Gasteiger partial charge on any atom is 0.202 e. The molecule has 1 aromatic carbocycles. The van der Waals surface area contributed by atoms with Crippen LogP contribution in [-0.2, 0) is 0 Å². The molecule has 1 aromatic heterocycles. The van der Waals surface area contributed by atoms with Gasteiger partial charge in [0, 0.05) is 11.6 Å². The molecule has 0 saturated heterocycles. The molecule has 0 spiro atoms. The van der Waals surface area contributed by atoms with E-state index in [-0.39, 0.29) is 5.82 Å². The largest absolute Gasteiger partial charge is 0.349 e. The van der Waals surface area contributed by atoms with Crippen LogP contribution in [0.3, 0.4) is 0 Å². The molecule has 0 amide bonds. The van der Waals surface area contributed by atoms with Crippen molar-refractivity contribution in [1.29, 1.82) is 0 Å². The SMILES string of the molecule is Fc1ccc(-c2cc(Br)on2)cc1Br. The summed E-state index contributed by atoms with van der Waals surface area (Å²) >= 11 is 6.25. The van der Waals surface area contributed by atoms with Crippen LogP contribution in [0.15, 0.2) is 37.9 Å². The van der Waals surface area contributed by atoms with Crippen LogP contribution in [0.2, 0.25) is 0 Å². The summed E-state index contributed by atoms with van der Waals surface area (Å²) in [4.78, 5) is 0. The van der Waals surface area contributed by atoms with Gasteiger partial charge >= 0.3 is 0 Å². The Hall–Kier alpha value is -0.680. The second-order valence-electron chi connectivity index (χ2n) is 2.65. The lowest BCUT2D eigenvalue weighted by Crippen LogP contribution is -1.80. The zero-order valence-corrected chi connectivity index (χ0v) is 9.97. The number of nitrogens with zero attached hydrogens (tertiary/aromatic N) is 1. The Bertz CT molecular complexity index is 470. The fourth-order valence-electron chi connectivity index (χ4n) is 1.04. The van der Waals surface area contributed by atoms with Gasteiger partial charge in [-0.15, -0.1) is 0 Å². The van der Waals surface area contributed by atoms with Crippen LogP contribution in [0.25, 0.3) is 11.3 Å². The fraction of sp³-hybridized carbons (Fsp3) is 0. The van der Waals surface area contributed by atoms with Gasteiger partial charge in [-0.2, -0.15) is 0 Å². The molecule has 2 nitrogen and oxygen atoms in total. The minimum absolute atomic E-state index is 0.295. The Morgan fingerprint density at radius 2 is 2.00 bits per heavy atom. The molecule has 0 radical (unpaired) electrons. The van der Waals surface area contributed by atoms with E-state index in [4.69, 9.17) is 4.52 Å². The van der Waals surface area contributed by atoms with Gasteiger partial charge in [-0.3, -0.25) is 0 Å². The third kappa shape index (κ3) is 1.88. The van der Waals surface area contributed by atoms with Gasteiger partial charge in [0.15, 0.2) is 0 Å². The van der Waals surface area contributed by atoms with Crippen LogP contribution < -0.4 is 0 Å². The molecular weight excluding hydrogens is 317 g/mol. The van der Waals surface area contributed by atoms with Gasteiger partial charge in [0.2, 0.25) is 4.67 Å². The summed E-state index contributed by atoms with van der Waals surface area (Å²) in [6.07, 6.45) is 0. The Labute approximate surface area is 96.4 Å². The highest BCUT2D eigenvalue weighted by Gasteiger charge is 2.06. The number of hydrogen-bond donors (Lipinski definition) is 0. The second-order valence-corrected chi connectivity index (χ2v) is 4.28. The van der Waals surface area contributed by atoms with E-state index in [0.717, 1.165) is 5.56 Å². The summed E-state index contributed by atoms with van der Waals surface area (Å²) in [5.74, 6) is -0.295. The summed E-state index contributed by atoms with van der Waals surface area (Å²) in [7, 11) is 0. The van der Waals surface area contributed by atoms with E-state index < -0.39 is 0 Å². The number of aromatic nitrogens is 1. The first kappa shape index (κ1) is 9.86.